The summed E-state index contributed by atoms with van der Waals surface area (Å²) in [5.41, 5.74) is 2.58. The van der Waals surface area contributed by atoms with Gasteiger partial charge in [-0.05, 0) is 18.2 Å². The highest BCUT2D eigenvalue weighted by molar-refractivity contribution is 6.33. The molecule has 20 heavy (non-hydrogen) atoms. The predicted molar refractivity (Wildman–Crippen MR) is 77.9 cm³/mol. The molecule has 0 aliphatic rings. The van der Waals surface area contributed by atoms with Crippen molar-refractivity contribution in [2.75, 3.05) is 5.32 Å². The molecule has 0 bridgehead atoms. The van der Waals surface area contributed by atoms with Gasteiger partial charge < -0.3 is 5.32 Å². The monoisotopic (exact) mass is 285 g/mol. The van der Waals surface area contributed by atoms with E-state index in [1.807, 2.05) is 30.5 Å². The number of rotatable bonds is 4. The smallest absolute Gasteiger partial charge is 0.106 e. The number of nitrogens with one attached hydrogen (secondary N) is 1. The molecule has 0 saturated heterocycles. The van der Waals surface area contributed by atoms with Crippen LogP contribution in [-0.2, 0) is 6.54 Å². The highest BCUT2D eigenvalue weighted by Gasteiger charge is 2.09. The number of aromatic nitrogens is 4. The number of benzene rings is 1. The minimum Gasteiger partial charge on any atom is -0.378 e. The third-order valence-electron chi connectivity index (χ3n) is 2.80. The van der Waals surface area contributed by atoms with E-state index < -0.39 is 0 Å². The van der Waals surface area contributed by atoms with Crippen molar-refractivity contribution in [3.05, 3.63) is 66.0 Å². The first kappa shape index (κ1) is 12.6. The number of halogens is 1. The van der Waals surface area contributed by atoms with Crippen molar-refractivity contribution in [3.8, 4) is 5.69 Å². The number of hydrogen-bond donors (Lipinski definition) is 1. The summed E-state index contributed by atoms with van der Waals surface area (Å²) < 4.78 is 1.74. The van der Waals surface area contributed by atoms with Crippen LogP contribution in [0.4, 0.5) is 5.69 Å². The van der Waals surface area contributed by atoms with E-state index in [4.69, 9.17) is 11.6 Å². The number of para-hydroxylation sites is 1. The highest BCUT2D eigenvalue weighted by atomic mass is 35.5. The van der Waals surface area contributed by atoms with Gasteiger partial charge in [0, 0.05) is 24.8 Å². The lowest BCUT2D eigenvalue weighted by molar-refractivity contribution is 0.878. The molecule has 0 atom stereocenters. The average molecular weight is 286 g/mol. The Balaban J connectivity index is 1.88. The molecule has 0 aliphatic heterocycles. The lowest BCUT2D eigenvalue weighted by atomic mass is 10.2. The fourth-order valence-corrected chi connectivity index (χ4v) is 2.16. The lowest BCUT2D eigenvalue weighted by Crippen LogP contribution is -2.06. The second-order valence-corrected chi connectivity index (χ2v) is 4.54. The third-order valence-corrected chi connectivity index (χ3v) is 3.10. The van der Waals surface area contributed by atoms with E-state index >= 15 is 0 Å². The van der Waals surface area contributed by atoms with Crippen molar-refractivity contribution in [2.45, 2.75) is 6.54 Å². The molecule has 3 rings (SSSR count). The van der Waals surface area contributed by atoms with Crippen molar-refractivity contribution in [1.82, 2.24) is 19.7 Å². The zero-order valence-corrected chi connectivity index (χ0v) is 11.3. The van der Waals surface area contributed by atoms with Crippen LogP contribution in [0.2, 0.25) is 5.02 Å². The molecule has 100 valence electrons. The first-order chi connectivity index (χ1) is 9.84. The molecule has 0 fully saturated rings. The molecule has 0 saturated carbocycles. The van der Waals surface area contributed by atoms with Crippen molar-refractivity contribution < 1.29 is 0 Å². The Morgan fingerprint density at radius 1 is 1.15 bits per heavy atom. The molecule has 6 heteroatoms. The molecule has 3 aromatic rings. The maximum atomic E-state index is 6.27. The van der Waals surface area contributed by atoms with Crippen LogP contribution >= 0.6 is 11.6 Å². The Kier molecular flexibility index (Phi) is 3.60. The van der Waals surface area contributed by atoms with Crippen molar-refractivity contribution in [3.63, 3.8) is 0 Å². The van der Waals surface area contributed by atoms with Gasteiger partial charge in [0.15, 0.2) is 0 Å². The van der Waals surface area contributed by atoms with Gasteiger partial charge in [0.2, 0.25) is 0 Å². The van der Waals surface area contributed by atoms with Gasteiger partial charge in [-0.1, -0.05) is 17.7 Å². The number of hydrogen-bond acceptors (Lipinski definition) is 4. The second-order valence-electron chi connectivity index (χ2n) is 4.14. The summed E-state index contributed by atoms with van der Waals surface area (Å²) in [6.07, 6.45) is 8.62. The van der Waals surface area contributed by atoms with Crippen LogP contribution in [0.25, 0.3) is 5.69 Å². The summed E-state index contributed by atoms with van der Waals surface area (Å²) in [5, 5.41) is 8.17. The highest BCUT2D eigenvalue weighted by Crippen LogP contribution is 2.28. The summed E-state index contributed by atoms with van der Waals surface area (Å²) in [4.78, 5) is 8.27. The Hall–Kier alpha value is -2.40. The molecule has 0 radical (unpaired) electrons. The van der Waals surface area contributed by atoms with Crippen LogP contribution in [0.1, 0.15) is 5.69 Å². The Bertz CT molecular complexity index is 682. The fourth-order valence-electron chi connectivity index (χ4n) is 1.90. The van der Waals surface area contributed by atoms with Gasteiger partial charge in [-0.2, -0.15) is 5.10 Å². The first-order valence-corrected chi connectivity index (χ1v) is 6.49. The summed E-state index contributed by atoms with van der Waals surface area (Å²) in [7, 11) is 0. The molecule has 0 amide bonds. The van der Waals surface area contributed by atoms with Crippen molar-refractivity contribution >= 4 is 17.3 Å². The quantitative estimate of drug-likeness (QED) is 0.801. The van der Waals surface area contributed by atoms with Crippen LogP contribution in [-0.4, -0.2) is 19.7 Å². The van der Waals surface area contributed by atoms with E-state index in [9.17, 15) is 0 Å². The molecule has 0 spiro atoms. The number of nitrogens with zero attached hydrogens (tertiary/aromatic N) is 4. The zero-order chi connectivity index (χ0) is 13.8. The minimum absolute atomic E-state index is 0.572. The third kappa shape index (κ3) is 2.62. The maximum absolute atomic E-state index is 6.27. The molecule has 0 unspecified atom stereocenters. The van der Waals surface area contributed by atoms with E-state index in [0.29, 0.717) is 11.6 Å². The van der Waals surface area contributed by atoms with Gasteiger partial charge in [-0.25, -0.2) is 4.68 Å². The topological polar surface area (TPSA) is 55.6 Å². The van der Waals surface area contributed by atoms with Gasteiger partial charge >= 0.3 is 0 Å². The minimum atomic E-state index is 0.572. The standard InChI is InChI=1S/C14H12ClN5/c15-12-3-1-4-13(14(12)20-8-2-5-19-20)18-10-11-9-16-6-7-17-11/h1-9,18H,10H2. The number of anilines is 1. The average Bonchev–Trinajstić information content (AvgIpc) is 3.00. The normalized spacial score (nSPS) is 10.4. The van der Waals surface area contributed by atoms with Crippen molar-refractivity contribution in [1.29, 1.82) is 0 Å². The van der Waals surface area contributed by atoms with E-state index in [1.54, 1.807) is 29.5 Å². The van der Waals surface area contributed by atoms with Crippen LogP contribution in [0.15, 0.2) is 55.2 Å². The van der Waals surface area contributed by atoms with E-state index in [2.05, 4.69) is 20.4 Å². The largest absolute Gasteiger partial charge is 0.378 e. The van der Waals surface area contributed by atoms with Crippen molar-refractivity contribution in [2.24, 2.45) is 0 Å². The fraction of sp³-hybridized carbons (Fsp3) is 0.0714. The molecular formula is C14H12ClN5. The summed E-state index contributed by atoms with van der Waals surface area (Å²) >= 11 is 6.27. The van der Waals surface area contributed by atoms with Gasteiger partial charge in [0.25, 0.3) is 0 Å². The summed E-state index contributed by atoms with van der Waals surface area (Å²) in [6, 6.07) is 7.55. The van der Waals surface area contributed by atoms with Gasteiger partial charge in [-0.3, -0.25) is 9.97 Å². The van der Waals surface area contributed by atoms with Crippen LogP contribution in [0.5, 0.6) is 0 Å². The van der Waals surface area contributed by atoms with Crippen LogP contribution < -0.4 is 5.32 Å². The summed E-state index contributed by atoms with van der Waals surface area (Å²) in [5.74, 6) is 0. The second kappa shape index (κ2) is 5.71. The van der Waals surface area contributed by atoms with E-state index in [0.717, 1.165) is 17.1 Å². The molecule has 0 aliphatic carbocycles. The Morgan fingerprint density at radius 3 is 2.85 bits per heavy atom. The van der Waals surface area contributed by atoms with Gasteiger partial charge in [-0.15, -0.1) is 0 Å². The molecule has 1 N–H and O–H groups in total. The van der Waals surface area contributed by atoms with Gasteiger partial charge in [0.1, 0.15) is 5.69 Å². The van der Waals surface area contributed by atoms with E-state index in [-0.39, 0.29) is 0 Å². The Labute approximate surface area is 121 Å². The Morgan fingerprint density at radius 2 is 2.10 bits per heavy atom. The van der Waals surface area contributed by atoms with Gasteiger partial charge in [0.05, 0.1) is 29.1 Å². The predicted octanol–water partition coefficient (Wildman–Crippen LogP) is 2.93. The van der Waals surface area contributed by atoms with Crippen LogP contribution in [0, 0.1) is 0 Å². The maximum Gasteiger partial charge on any atom is 0.106 e. The molecule has 1 aromatic carbocycles. The van der Waals surface area contributed by atoms with Crippen LogP contribution in [0.3, 0.4) is 0 Å². The molecule has 2 aromatic heterocycles. The summed E-state index contributed by atoms with van der Waals surface area (Å²) in [6.45, 7) is 0.572. The van der Waals surface area contributed by atoms with E-state index in [1.165, 1.54) is 0 Å². The molecular weight excluding hydrogens is 274 g/mol. The SMILES string of the molecule is Clc1cccc(NCc2cnccn2)c1-n1cccn1. The zero-order valence-electron chi connectivity index (χ0n) is 10.6. The molecule has 2 heterocycles. The molecule has 5 nitrogen and oxygen atoms in total. The lowest BCUT2D eigenvalue weighted by Gasteiger charge is -2.13. The first-order valence-electron chi connectivity index (χ1n) is 6.12.